The molecule has 0 saturated heterocycles. The maximum atomic E-state index is 13.7. The van der Waals surface area contributed by atoms with Gasteiger partial charge in [-0.15, -0.1) is 0 Å². The van der Waals surface area contributed by atoms with Gasteiger partial charge in [0.15, 0.2) is 17.4 Å². The fourth-order valence-electron chi connectivity index (χ4n) is 1.57. The van der Waals surface area contributed by atoms with Gasteiger partial charge in [0, 0.05) is 13.7 Å². The zero-order chi connectivity index (χ0) is 13.5. The third kappa shape index (κ3) is 4.23. The van der Waals surface area contributed by atoms with Crippen molar-refractivity contribution < 1.29 is 18.3 Å². The van der Waals surface area contributed by atoms with Crippen LogP contribution in [0.1, 0.15) is 19.4 Å². The average molecular weight is 259 g/mol. The Morgan fingerprint density at radius 2 is 1.89 bits per heavy atom. The molecule has 1 aromatic rings. The van der Waals surface area contributed by atoms with Gasteiger partial charge in [0.05, 0.1) is 6.61 Å². The van der Waals surface area contributed by atoms with Crippen LogP contribution in [0.4, 0.5) is 8.78 Å². The van der Waals surface area contributed by atoms with E-state index in [-0.39, 0.29) is 12.4 Å². The maximum Gasteiger partial charge on any atom is 0.191 e. The molecule has 0 amide bonds. The lowest BCUT2D eigenvalue weighted by Crippen LogP contribution is -2.19. The standard InChI is InChI=1S/C13H19F2NO2/c1-4-16-7-10-5-11(14)13(12(15)6-10)18-9(2)8-17-3/h5-6,9,16H,4,7-8H2,1-3H3. The molecule has 0 saturated carbocycles. The molecule has 1 aromatic carbocycles. The van der Waals surface area contributed by atoms with Gasteiger partial charge >= 0.3 is 0 Å². The Morgan fingerprint density at radius 1 is 1.28 bits per heavy atom. The van der Waals surface area contributed by atoms with Gasteiger partial charge in [-0.05, 0) is 31.2 Å². The molecule has 3 nitrogen and oxygen atoms in total. The molecule has 18 heavy (non-hydrogen) atoms. The second kappa shape index (κ2) is 7.28. The molecule has 0 aliphatic heterocycles. The summed E-state index contributed by atoms with van der Waals surface area (Å²) in [5, 5.41) is 3.01. The average Bonchev–Trinajstić information content (AvgIpc) is 2.31. The van der Waals surface area contributed by atoms with Gasteiger partial charge in [-0.3, -0.25) is 0 Å². The lowest BCUT2D eigenvalue weighted by molar-refractivity contribution is 0.0862. The van der Waals surface area contributed by atoms with Crippen molar-refractivity contribution in [1.29, 1.82) is 0 Å². The quantitative estimate of drug-likeness (QED) is 0.816. The predicted octanol–water partition coefficient (Wildman–Crippen LogP) is 2.49. The molecule has 102 valence electrons. The normalized spacial score (nSPS) is 12.5. The van der Waals surface area contributed by atoms with Gasteiger partial charge in [0.25, 0.3) is 0 Å². The molecular formula is C13H19F2NO2. The molecule has 0 aromatic heterocycles. The maximum absolute atomic E-state index is 13.7. The van der Waals surface area contributed by atoms with Crippen LogP contribution in [-0.2, 0) is 11.3 Å². The van der Waals surface area contributed by atoms with Gasteiger partial charge < -0.3 is 14.8 Å². The molecule has 0 spiro atoms. The summed E-state index contributed by atoms with van der Waals surface area (Å²) in [6.45, 7) is 5.06. The van der Waals surface area contributed by atoms with Crippen molar-refractivity contribution in [2.75, 3.05) is 20.3 Å². The van der Waals surface area contributed by atoms with Crippen molar-refractivity contribution >= 4 is 0 Å². The number of hydrogen-bond donors (Lipinski definition) is 1. The number of rotatable bonds is 7. The number of benzene rings is 1. The number of nitrogens with one attached hydrogen (secondary N) is 1. The fraction of sp³-hybridized carbons (Fsp3) is 0.538. The summed E-state index contributed by atoms with van der Waals surface area (Å²) in [6, 6.07) is 2.56. The van der Waals surface area contributed by atoms with Crippen LogP contribution >= 0.6 is 0 Å². The number of halogens is 2. The first-order valence-corrected chi connectivity index (χ1v) is 5.92. The van der Waals surface area contributed by atoms with E-state index in [0.717, 1.165) is 6.54 Å². The van der Waals surface area contributed by atoms with Gasteiger partial charge in [-0.2, -0.15) is 0 Å². The summed E-state index contributed by atoms with van der Waals surface area (Å²) >= 11 is 0. The van der Waals surface area contributed by atoms with E-state index in [9.17, 15) is 8.78 Å². The molecule has 1 rings (SSSR count). The van der Waals surface area contributed by atoms with Gasteiger partial charge in [-0.1, -0.05) is 6.92 Å². The summed E-state index contributed by atoms with van der Waals surface area (Å²) < 4.78 is 37.4. The molecule has 0 radical (unpaired) electrons. The molecule has 5 heteroatoms. The van der Waals surface area contributed by atoms with Gasteiger partial charge in [0.2, 0.25) is 0 Å². The highest BCUT2D eigenvalue weighted by Crippen LogP contribution is 2.24. The van der Waals surface area contributed by atoms with Gasteiger partial charge in [-0.25, -0.2) is 8.78 Å². The van der Waals surface area contributed by atoms with Crippen molar-refractivity contribution in [3.63, 3.8) is 0 Å². The minimum Gasteiger partial charge on any atom is -0.482 e. The lowest BCUT2D eigenvalue weighted by Gasteiger charge is -2.15. The highest BCUT2D eigenvalue weighted by Gasteiger charge is 2.15. The Kier molecular flexibility index (Phi) is 6.01. The second-order valence-corrected chi connectivity index (χ2v) is 4.05. The van der Waals surface area contributed by atoms with Crippen LogP contribution < -0.4 is 10.1 Å². The Bertz CT molecular complexity index is 362. The topological polar surface area (TPSA) is 30.5 Å². The Balaban J connectivity index is 2.80. The van der Waals surface area contributed by atoms with E-state index in [2.05, 4.69) is 5.32 Å². The molecule has 0 bridgehead atoms. The van der Waals surface area contributed by atoms with E-state index >= 15 is 0 Å². The van der Waals surface area contributed by atoms with Gasteiger partial charge in [0.1, 0.15) is 6.10 Å². The highest BCUT2D eigenvalue weighted by atomic mass is 19.1. The van der Waals surface area contributed by atoms with Crippen molar-refractivity contribution in [2.45, 2.75) is 26.5 Å². The van der Waals surface area contributed by atoms with E-state index in [4.69, 9.17) is 9.47 Å². The van der Waals surface area contributed by atoms with E-state index < -0.39 is 17.7 Å². The molecule has 1 unspecified atom stereocenters. The summed E-state index contributed by atoms with van der Waals surface area (Å²) in [7, 11) is 1.51. The fourth-order valence-corrected chi connectivity index (χ4v) is 1.57. The molecule has 1 atom stereocenters. The van der Waals surface area contributed by atoms with Crippen LogP contribution in [0.2, 0.25) is 0 Å². The third-order valence-corrected chi connectivity index (χ3v) is 2.36. The summed E-state index contributed by atoms with van der Waals surface area (Å²) in [4.78, 5) is 0. The van der Waals surface area contributed by atoms with Crippen molar-refractivity contribution in [1.82, 2.24) is 5.32 Å². The third-order valence-electron chi connectivity index (χ3n) is 2.36. The van der Waals surface area contributed by atoms with Crippen LogP contribution in [0.5, 0.6) is 5.75 Å². The predicted molar refractivity (Wildman–Crippen MR) is 65.7 cm³/mol. The smallest absolute Gasteiger partial charge is 0.191 e. The van der Waals surface area contributed by atoms with E-state index in [0.29, 0.717) is 12.1 Å². The second-order valence-electron chi connectivity index (χ2n) is 4.05. The SMILES string of the molecule is CCNCc1cc(F)c(OC(C)COC)c(F)c1. The highest BCUT2D eigenvalue weighted by molar-refractivity contribution is 5.31. The zero-order valence-corrected chi connectivity index (χ0v) is 10.9. The van der Waals surface area contributed by atoms with E-state index in [1.807, 2.05) is 6.92 Å². The van der Waals surface area contributed by atoms with Crippen molar-refractivity contribution in [3.05, 3.63) is 29.3 Å². The van der Waals surface area contributed by atoms with Crippen molar-refractivity contribution in [3.8, 4) is 5.75 Å². The molecular weight excluding hydrogens is 240 g/mol. The Hall–Kier alpha value is -1.20. The largest absolute Gasteiger partial charge is 0.482 e. The molecule has 1 N–H and O–H groups in total. The minimum absolute atomic E-state index is 0.276. The first-order valence-electron chi connectivity index (χ1n) is 5.92. The van der Waals surface area contributed by atoms with E-state index in [1.165, 1.54) is 19.2 Å². The molecule has 0 fully saturated rings. The van der Waals surface area contributed by atoms with Crippen LogP contribution in [0.3, 0.4) is 0 Å². The van der Waals surface area contributed by atoms with Crippen LogP contribution in [0, 0.1) is 11.6 Å². The molecule has 0 aliphatic carbocycles. The number of methoxy groups -OCH3 is 1. The monoisotopic (exact) mass is 259 g/mol. The van der Waals surface area contributed by atoms with Crippen LogP contribution in [0.15, 0.2) is 12.1 Å². The Morgan fingerprint density at radius 3 is 2.39 bits per heavy atom. The summed E-state index contributed by atoms with van der Waals surface area (Å²) in [5.41, 5.74) is 0.554. The zero-order valence-electron chi connectivity index (χ0n) is 10.9. The van der Waals surface area contributed by atoms with E-state index in [1.54, 1.807) is 6.92 Å². The first kappa shape index (κ1) is 14.9. The molecule has 0 heterocycles. The molecule has 0 aliphatic rings. The number of ether oxygens (including phenoxy) is 2. The lowest BCUT2D eigenvalue weighted by atomic mass is 10.2. The Labute approximate surface area is 106 Å². The summed E-state index contributed by atoms with van der Waals surface area (Å²) in [6.07, 6.45) is -0.404. The first-order chi connectivity index (χ1) is 8.58. The van der Waals surface area contributed by atoms with Crippen LogP contribution in [-0.4, -0.2) is 26.4 Å². The summed E-state index contributed by atoms with van der Waals surface area (Å²) in [5.74, 6) is -1.73. The minimum atomic E-state index is -0.689. The van der Waals surface area contributed by atoms with Crippen molar-refractivity contribution in [2.24, 2.45) is 0 Å². The van der Waals surface area contributed by atoms with Crippen LogP contribution in [0.25, 0.3) is 0 Å². The number of hydrogen-bond acceptors (Lipinski definition) is 3.